The molecule has 4 aromatic rings. The molecule has 35 heavy (non-hydrogen) atoms. The zero-order valence-corrected chi connectivity index (χ0v) is 19.1. The number of ether oxygens (including phenoxy) is 1. The summed E-state index contributed by atoms with van der Waals surface area (Å²) < 4.78 is 11.7. The lowest BCUT2D eigenvalue weighted by molar-refractivity contribution is -0.139. The van der Waals surface area contributed by atoms with Gasteiger partial charge in [-0.05, 0) is 24.1 Å². The second-order valence-corrected chi connectivity index (χ2v) is 8.63. The summed E-state index contributed by atoms with van der Waals surface area (Å²) in [6, 6.07) is 27.0. The quantitative estimate of drug-likeness (QED) is 0.383. The predicted molar refractivity (Wildman–Crippen MR) is 131 cm³/mol. The van der Waals surface area contributed by atoms with Crippen LogP contribution in [-0.4, -0.2) is 45.3 Å². The van der Waals surface area contributed by atoms with Gasteiger partial charge in [0.1, 0.15) is 11.4 Å². The number of oxazole rings is 1. The molecule has 7 nitrogen and oxygen atoms in total. The molecule has 2 atom stereocenters. The van der Waals surface area contributed by atoms with E-state index in [9.17, 15) is 9.90 Å². The van der Waals surface area contributed by atoms with Crippen LogP contribution >= 0.6 is 0 Å². The Kier molecular flexibility index (Phi) is 6.61. The van der Waals surface area contributed by atoms with Crippen molar-refractivity contribution in [1.82, 2.24) is 9.88 Å². The number of carboxylic acids is 1. The van der Waals surface area contributed by atoms with Crippen molar-refractivity contribution in [3.8, 4) is 28.3 Å². The molecule has 1 fully saturated rings. The van der Waals surface area contributed by atoms with Crippen molar-refractivity contribution in [2.45, 2.75) is 25.1 Å². The minimum absolute atomic E-state index is 0.200. The Morgan fingerprint density at radius 3 is 2.43 bits per heavy atom. The van der Waals surface area contributed by atoms with E-state index in [1.165, 1.54) is 0 Å². The first kappa shape index (κ1) is 22.8. The normalized spacial score (nSPS) is 18.0. The Hall–Kier alpha value is -3.94. The van der Waals surface area contributed by atoms with Gasteiger partial charge in [-0.1, -0.05) is 72.8 Å². The van der Waals surface area contributed by atoms with Gasteiger partial charge in [0, 0.05) is 24.2 Å². The van der Waals surface area contributed by atoms with Crippen LogP contribution in [0, 0.1) is 0 Å². The summed E-state index contributed by atoms with van der Waals surface area (Å²) in [5.41, 5.74) is 3.63. The van der Waals surface area contributed by atoms with Crippen LogP contribution in [0.25, 0.3) is 22.6 Å². The van der Waals surface area contributed by atoms with Crippen LogP contribution in [0.15, 0.2) is 89.3 Å². The number of carboxylic acid groups (broad SMARTS) is 1. The van der Waals surface area contributed by atoms with Crippen molar-refractivity contribution in [2.24, 2.45) is 0 Å². The van der Waals surface area contributed by atoms with Gasteiger partial charge in [-0.15, -0.1) is 0 Å². The molecule has 2 N–H and O–H groups in total. The molecular formula is C28H26N2O5. The second kappa shape index (κ2) is 10.1. The van der Waals surface area contributed by atoms with Crippen LogP contribution in [0.5, 0.6) is 5.75 Å². The highest BCUT2D eigenvalue weighted by atomic mass is 16.5. The molecular weight excluding hydrogens is 444 g/mol. The monoisotopic (exact) mass is 470 g/mol. The Labute approximate surface area is 203 Å². The third-order valence-electron chi connectivity index (χ3n) is 6.04. The lowest BCUT2D eigenvalue weighted by atomic mass is 10.1. The number of β-amino-alcohol motifs (C(OH)–C–C–N with tert-alkyl or cyclic N) is 1. The lowest BCUT2D eigenvalue weighted by Crippen LogP contribution is -2.24. The van der Waals surface area contributed by atoms with Gasteiger partial charge < -0.3 is 19.4 Å². The fourth-order valence-electron chi connectivity index (χ4n) is 4.48. The molecule has 1 saturated heterocycles. The van der Waals surface area contributed by atoms with E-state index in [1.54, 1.807) is 6.07 Å². The minimum atomic E-state index is -1.02. The zero-order valence-electron chi connectivity index (χ0n) is 19.1. The van der Waals surface area contributed by atoms with E-state index in [-0.39, 0.29) is 6.04 Å². The molecule has 2 heterocycles. The highest BCUT2D eigenvalue weighted by Gasteiger charge is 2.36. The van der Waals surface area contributed by atoms with Gasteiger partial charge in [-0.25, -0.2) is 9.78 Å². The van der Waals surface area contributed by atoms with Gasteiger partial charge in [0.15, 0.2) is 12.4 Å². The van der Waals surface area contributed by atoms with Crippen molar-refractivity contribution >= 4 is 5.97 Å². The number of nitrogens with zero attached hydrogens (tertiary/aromatic N) is 2. The Morgan fingerprint density at radius 2 is 1.71 bits per heavy atom. The van der Waals surface area contributed by atoms with E-state index < -0.39 is 18.7 Å². The van der Waals surface area contributed by atoms with Gasteiger partial charge in [-0.2, -0.15) is 0 Å². The number of aromatic nitrogens is 1. The van der Waals surface area contributed by atoms with E-state index in [2.05, 4.69) is 4.90 Å². The summed E-state index contributed by atoms with van der Waals surface area (Å²) >= 11 is 0. The number of benzene rings is 3. The van der Waals surface area contributed by atoms with E-state index in [4.69, 9.17) is 19.2 Å². The Bertz CT molecular complexity index is 1230. The SMILES string of the molecule is O=C(O)COc1cccc(CN2C[C@@H](O)C[C@H]2c2nc(-c3ccccc3)c(-c3ccccc3)o2)c1. The van der Waals surface area contributed by atoms with Gasteiger partial charge in [0.25, 0.3) is 0 Å². The predicted octanol–water partition coefficient (Wildman–Crippen LogP) is 4.78. The Balaban J connectivity index is 1.45. The summed E-state index contributed by atoms with van der Waals surface area (Å²) in [5.74, 6) is 0.746. The summed E-state index contributed by atoms with van der Waals surface area (Å²) in [4.78, 5) is 17.9. The Morgan fingerprint density at radius 1 is 1.00 bits per heavy atom. The number of carbonyl (C=O) groups is 1. The van der Waals surface area contributed by atoms with Crippen molar-refractivity contribution in [3.05, 3.63) is 96.4 Å². The average Bonchev–Trinajstić information content (AvgIpc) is 3.48. The maximum atomic E-state index is 10.8. The molecule has 0 amide bonds. The number of hydrogen-bond donors (Lipinski definition) is 2. The first-order valence-electron chi connectivity index (χ1n) is 11.5. The van der Waals surface area contributed by atoms with Crippen molar-refractivity contribution < 1.29 is 24.2 Å². The van der Waals surface area contributed by atoms with Gasteiger partial charge >= 0.3 is 5.97 Å². The third-order valence-corrected chi connectivity index (χ3v) is 6.04. The molecule has 0 radical (unpaired) electrons. The minimum Gasteiger partial charge on any atom is -0.482 e. The second-order valence-electron chi connectivity index (χ2n) is 8.63. The molecule has 1 aliphatic heterocycles. The van der Waals surface area contributed by atoms with E-state index >= 15 is 0 Å². The van der Waals surface area contributed by atoms with Gasteiger partial charge in [-0.3, -0.25) is 4.90 Å². The molecule has 178 valence electrons. The smallest absolute Gasteiger partial charge is 0.341 e. The zero-order chi connectivity index (χ0) is 24.2. The van der Waals surface area contributed by atoms with E-state index in [0.29, 0.717) is 36.9 Å². The molecule has 1 aromatic heterocycles. The molecule has 7 heteroatoms. The third kappa shape index (κ3) is 5.26. The van der Waals surface area contributed by atoms with Crippen LogP contribution in [0.4, 0.5) is 0 Å². The van der Waals surface area contributed by atoms with Crippen molar-refractivity contribution in [2.75, 3.05) is 13.2 Å². The average molecular weight is 471 g/mol. The van der Waals surface area contributed by atoms with E-state index in [0.717, 1.165) is 22.4 Å². The molecule has 0 unspecified atom stereocenters. The fraction of sp³-hybridized carbons (Fsp3) is 0.214. The number of aliphatic hydroxyl groups is 1. The van der Waals surface area contributed by atoms with Crippen LogP contribution in [0.2, 0.25) is 0 Å². The standard InChI is InChI=1S/C28H26N2O5/c31-22-15-24(30(17-22)16-19-8-7-13-23(14-19)34-18-25(32)33)28-29-26(20-9-3-1-4-10-20)27(35-28)21-11-5-2-6-12-21/h1-14,22,24,31H,15-18H2,(H,32,33)/t22-,24-/m0/s1. The molecule has 0 aliphatic carbocycles. The highest BCUT2D eigenvalue weighted by Crippen LogP contribution is 2.39. The summed E-state index contributed by atoms with van der Waals surface area (Å²) in [5, 5.41) is 19.4. The lowest BCUT2D eigenvalue weighted by Gasteiger charge is -2.22. The van der Waals surface area contributed by atoms with Crippen molar-refractivity contribution in [1.29, 1.82) is 0 Å². The van der Waals surface area contributed by atoms with Crippen molar-refractivity contribution in [3.63, 3.8) is 0 Å². The fourth-order valence-corrected chi connectivity index (χ4v) is 4.48. The number of aliphatic carboxylic acids is 1. The number of likely N-dealkylation sites (tertiary alicyclic amines) is 1. The van der Waals surface area contributed by atoms with Gasteiger partial charge in [0.05, 0.1) is 12.1 Å². The first-order valence-corrected chi connectivity index (χ1v) is 11.5. The largest absolute Gasteiger partial charge is 0.482 e. The summed E-state index contributed by atoms with van der Waals surface area (Å²) in [7, 11) is 0. The summed E-state index contributed by atoms with van der Waals surface area (Å²) in [6.45, 7) is 0.625. The maximum absolute atomic E-state index is 10.8. The molecule has 1 aliphatic rings. The van der Waals surface area contributed by atoms with Crippen LogP contribution < -0.4 is 4.74 Å². The summed E-state index contributed by atoms with van der Waals surface area (Å²) in [6.07, 6.45) is 0.0109. The van der Waals surface area contributed by atoms with E-state index in [1.807, 2.05) is 78.9 Å². The van der Waals surface area contributed by atoms with Crippen LogP contribution in [0.3, 0.4) is 0 Å². The number of hydrogen-bond acceptors (Lipinski definition) is 6. The number of rotatable bonds is 8. The maximum Gasteiger partial charge on any atom is 0.341 e. The molecule has 0 saturated carbocycles. The number of aliphatic hydroxyl groups excluding tert-OH is 1. The molecule has 0 spiro atoms. The molecule has 0 bridgehead atoms. The van der Waals surface area contributed by atoms with Gasteiger partial charge in [0.2, 0.25) is 5.89 Å². The molecule has 5 rings (SSSR count). The highest BCUT2D eigenvalue weighted by molar-refractivity contribution is 5.76. The first-order chi connectivity index (χ1) is 17.1. The molecule has 3 aromatic carbocycles. The van der Waals surface area contributed by atoms with Crippen LogP contribution in [0.1, 0.15) is 23.9 Å². The topological polar surface area (TPSA) is 96.0 Å². The van der Waals surface area contributed by atoms with Crippen LogP contribution in [-0.2, 0) is 11.3 Å².